The number of benzene rings is 1. The van der Waals surface area contributed by atoms with Crippen molar-refractivity contribution >= 4 is 14.3 Å². The Hall–Kier alpha value is -1.33. The van der Waals surface area contributed by atoms with Gasteiger partial charge in [0.1, 0.15) is 5.75 Å². The molecule has 0 aromatic heterocycles. The van der Waals surface area contributed by atoms with E-state index in [4.69, 9.17) is 9.16 Å². The lowest BCUT2D eigenvalue weighted by Crippen LogP contribution is -2.43. The third-order valence-electron chi connectivity index (χ3n) is 3.86. The Morgan fingerprint density at radius 1 is 1.20 bits per heavy atom. The molecule has 0 heterocycles. The summed E-state index contributed by atoms with van der Waals surface area (Å²) in [5, 5.41) is 9.41. The summed E-state index contributed by atoms with van der Waals surface area (Å²) >= 11 is 0. The van der Waals surface area contributed by atoms with E-state index >= 15 is 0 Å². The molecule has 0 fully saturated rings. The molecule has 112 valence electrons. The highest BCUT2D eigenvalue weighted by Crippen LogP contribution is 2.39. The van der Waals surface area contributed by atoms with E-state index in [1.165, 1.54) is 0 Å². The van der Waals surface area contributed by atoms with E-state index in [9.17, 15) is 9.90 Å². The lowest BCUT2D eigenvalue weighted by atomic mass is 10.1. The molecule has 4 nitrogen and oxygen atoms in total. The minimum absolute atomic E-state index is 0.0346. The van der Waals surface area contributed by atoms with Crippen molar-refractivity contribution in [3.63, 3.8) is 0 Å². The number of hydrogen-bond donors (Lipinski definition) is 1. The van der Waals surface area contributed by atoms with E-state index in [0.717, 1.165) is 0 Å². The third kappa shape index (κ3) is 3.83. The molecule has 1 aromatic carbocycles. The van der Waals surface area contributed by atoms with Crippen molar-refractivity contribution in [1.29, 1.82) is 0 Å². The molecule has 1 rings (SSSR count). The van der Waals surface area contributed by atoms with Crippen molar-refractivity contribution in [2.24, 2.45) is 0 Å². The minimum atomic E-state index is -2.15. The van der Waals surface area contributed by atoms with Gasteiger partial charge in [-0.25, -0.2) is 4.79 Å². The fourth-order valence-corrected chi connectivity index (χ4v) is 2.69. The van der Waals surface area contributed by atoms with Crippen LogP contribution in [-0.2, 0) is 9.22 Å². The van der Waals surface area contributed by atoms with Gasteiger partial charge < -0.3 is 14.3 Å². The Morgan fingerprint density at radius 3 is 2.05 bits per heavy atom. The number of aliphatic carboxylic acids is 1. The van der Waals surface area contributed by atoms with Crippen molar-refractivity contribution in [1.82, 2.24) is 0 Å². The highest BCUT2D eigenvalue weighted by molar-refractivity contribution is 6.74. The molecule has 1 aromatic rings. The van der Waals surface area contributed by atoms with Crippen LogP contribution >= 0.6 is 0 Å². The summed E-state index contributed by atoms with van der Waals surface area (Å²) in [5.41, 5.74) is 0.642. The number of ether oxygens (including phenoxy) is 1. The van der Waals surface area contributed by atoms with Gasteiger partial charge in [0, 0.05) is 0 Å². The van der Waals surface area contributed by atoms with Gasteiger partial charge in [0.2, 0.25) is 0 Å². The monoisotopic (exact) mass is 296 g/mol. The van der Waals surface area contributed by atoms with Crippen LogP contribution in [0.1, 0.15) is 32.4 Å². The van der Waals surface area contributed by atoms with E-state index in [0.29, 0.717) is 11.3 Å². The maximum Gasteiger partial charge on any atom is 0.336 e. The normalized spacial score (nSPS) is 13.9. The van der Waals surface area contributed by atoms with Crippen molar-refractivity contribution in [2.75, 3.05) is 7.11 Å². The predicted octanol–water partition coefficient (Wildman–Crippen LogP) is 3.84. The first kappa shape index (κ1) is 16.7. The van der Waals surface area contributed by atoms with Gasteiger partial charge >= 0.3 is 5.97 Å². The summed E-state index contributed by atoms with van der Waals surface area (Å²) in [7, 11) is -0.568. The number of carboxylic acid groups (broad SMARTS) is 1. The van der Waals surface area contributed by atoms with E-state index in [1.807, 2.05) is 13.1 Å². The zero-order valence-electron chi connectivity index (χ0n) is 13.1. The van der Waals surface area contributed by atoms with Gasteiger partial charge in [0.15, 0.2) is 14.4 Å². The fraction of sp³-hybridized carbons (Fsp3) is 0.533. The molecule has 0 spiro atoms. The SMILES string of the molecule is COc1ccc(C(O[Si](C)(C)C(C)(C)C)C(=O)O)cc1. The first-order chi connectivity index (χ1) is 9.08. The Bertz CT molecular complexity index is 460. The van der Waals surface area contributed by atoms with Crippen LogP contribution in [-0.4, -0.2) is 26.5 Å². The number of rotatable bonds is 5. The number of carbonyl (C=O) groups is 1. The van der Waals surface area contributed by atoms with Gasteiger partial charge in [-0.15, -0.1) is 0 Å². The van der Waals surface area contributed by atoms with Crippen LogP contribution < -0.4 is 4.74 Å². The predicted molar refractivity (Wildman–Crippen MR) is 81.7 cm³/mol. The molecule has 5 heteroatoms. The average molecular weight is 296 g/mol. The second-order valence-corrected chi connectivity index (χ2v) is 11.1. The maximum absolute atomic E-state index is 11.5. The van der Waals surface area contributed by atoms with E-state index < -0.39 is 20.4 Å². The van der Waals surface area contributed by atoms with Crippen molar-refractivity contribution in [2.45, 2.75) is 45.0 Å². The number of methoxy groups -OCH3 is 1. The topological polar surface area (TPSA) is 55.8 Å². The molecular weight excluding hydrogens is 272 g/mol. The molecule has 0 radical (unpaired) electrons. The molecule has 0 aliphatic heterocycles. The summed E-state index contributed by atoms with van der Waals surface area (Å²) in [6.07, 6.45) is -0.929. The molecular formula is C15H24O4Si. The van der Waals surface area contributed by atoms with Gasteiger partial charge in [-0.2, -0.15) is 0 Å². The van der Waals surface area contributed by atoms with Gasteiger partial charge in [-0.1, -0.05) is 32.9 Å². The number of hydrogen-bond acceptors (Lipinski definition) is 3. The first-order valence-corrected chi connectivity index (χ1v) is 9.54. The average Bonchev–Trinajstić information content (AvgIpc) is 2.34. The zero-order valence-corrected chi connectivity index (χ0v) is 14.1. The molecule has 0 aliphatic carbocycles. The van der Waals surface area contributed by atoms with Crippen LogP contribution in [0.15, 0.2) is 24.3 Å². The van der Waals surface area contributed by atoms with Crippen LogP contribution in [0.3, 0.4) is 0 Å². The highest BCUT2D eigenvalue weighted by Gasteiger charge is 2.41. The molecule has 1 atom stereocenters. The molecule has 0 saturated heterocycles. The van der Waals surface area contributed by atoms with Crippen LogP contribution in [0.2, 0.25) is 18.1 Å². The first-order valence-electron chi connectivity index (χ1n) is 6.63. The summed E-state index contributed by atoms with van der Waals surface area (Å²) in [4.78, 5) is 11.5. The number of carboxylic acids is 1. The van der Waals surface area contributed by atoms with Gasteiger partial charge in [0.05, 0.1) is 7.11 Å². The molecule has 0 bridgehead atoms. The molecule has 0 saturated carbocycles. The van der Waals surface area contributed by atoms with Crippen molar-refractivity contribution in [3.8, 4) is 5.75 Å². The lowest BCUT2D eigenvalue weighted by molar-refractivity contribution is -0.146. The summed E-state index contributed by atoms with van der Waals surface area (Å²) in [6, 6.07) is 6.98. The van der Waals surface area contributed by atoms with E-state index in [1.54, 1.807) is 31.4 Å². The second kappa shape index (κ2) is 5.97. The van der Waals surface area contributed by atoms with Crippen LogP contribution in [0, 0.1) is 0 Å². The summed E-state index contributed by atoms with van der Waals surface area (Å²) in [5.74, 6) is -0.259. The Balaban J connectivity index is 3.03. The molecule has 0 amide bonds. The van der Waals surface area contributed by atoms with Crippen molar-refractivity contribution < 1.29 is 19.1 Å². The fourth-order valence-electron chi connectivity index (χ4n) is 1.51. The smallest absolute Gasteiger partial charge is 0.336 e. The molecule has 1 unspecified atom stereocenters. The Kier molecular flexibility index (Phi) is 4.99. The van der Waals surface area contributed by atoms with Gasteiger partial charge in [0.25, 0.3) is 0 Å². The highest BCUT2D eigenvalue weighted by atomic mass is 28.4. The van der Waals surface area contributed by atoms with Crippen LogP contribution in [0.5, 0.6) is 5.75 Å². The van der Waals surface area contributed by atoms with E-state index in [2.05, 4.69) is 20.8 Å². The Morgan fingerprint density at radius 2 is 1.70 bits per heavy atom. The molecule has 20 heavy (non-hydrogen) atoms. The lowest BCUT2D eigenvalue weighted by Gasteiger charge is -2.38. The molecule has 0 aliphatic rings. The molecule has 1 N–H and O–H groups in total. The van der Waals surface area contributed by atoms with Crippen LogP contribution in [0.4, 0.5) is 0 Å². The maximum atomic E-state index is 11.5. The van der Waals surface area contributed by atoms with Gasteiger partial charge in [-0.05, 0) is 35.8 Å². The largest absolute Gasteiger partial charge is 0.497 e. The minimum Gasteiger partial charge on any atom is -0.497 e. The van der Waals surface area contributed by atoms with Crippen LogP contribution in [0.25, 0.3) is 0 Å². The van der Waals surface area contributed by atoms with Gasteiger partial charge in [-0.3, -0.25) is 0 Å². The zero-order chi connectivity index (χ0) is 15.6. The summed E-state index contributed by atoms with van der Waals surface area (Å²) in [6.45, 7) is 10.4. The second-order valence-electron chi connectivity index (χ2n) is 6.37. The Labute approximate surface area is 121 Å². The quantitative estimate of drug-likeness (QED) is 0.839. The van der Waals surface area contributed by atoms with Crippen molar-refractivity contribution in [3.05, 3.63) is 29.8 Å². The third-order valence-corrected chi connectivity index (χ3v) is 8.30. The summed E-state index contributed by atoms with van der Waals surface area (Å²) < 4.78 is 11.1. The van der Waals surface area contributed by atoms with E-state index in [-0.39, 0.29) is 5.04 Å². The standard InChI is InChI=1S/C15H24O4Si/c1-15(2,3)20(5,6)19-13(14(16)17)11-7-9-12(18-4)10-8-11/h7-10,13H,1-6H3,(H,16,17).